The van der Waals surface area contributed by atoms with Gasteiger partial charge in [0.1, 0.15) is 18.1 Å². The van der Waals surface area contributed by atoms with Crippen LogP contribution in [-0.2, 0) is 17.9 Å². The molecule has 3 rings (SSSR count). The van der Waals surface area contributed by atoms with E-state index in [0.29, 0.717) is 39.0 Å². The van der Waals surface area contributed by atoms with Gasteiger partial charge in [0, 0.05) is 11.6 Å². The van der Waals surface area contributed by atoms with Crippen LogP contribution in [0, 0.1) is 0 Å². The molecular weight excluding hydrogens is 459 g/mol. The van der Waals surface area contributed by atoms with Crippen molar-refractivity contribution in [3.8, 4) is 11.5 Å². The minimum atomic E-state index is -0.224. The molecular formula is C21H20Cl2N4O3S. The van der Waals surface area contributed by atoms with E-state index in [4.69, 9.17) is 32.7 Å². The van der Waals surface area contributed by atoms with Crippen LogP contribution in [0.3, 0.4) is 0 Å². The number of allylic oxidation sites excluding steroid dienone is 1. The van der Waals surface area contributed by atoms with Crippen LogP contribution in [0.4, 0.5) is 5.69 Å². The van der Waals surface area contributed by atoms with Crippen molar-refractivity contribution in [2.45, 2.75) is 18.3 Å². The summed E-state index contributed by atoms with van der Waals surface area (Å²) >= 11 is 13.2. The molecule has 0 saturated carbocycles. The molecule has 0 radical (unpaired) electrons. The molecule has 0 spiro atoms. The predicted octanol–water partition coefficient (Wildman–Crippen LogP) is 5.09. The molecule has 10 heteroatoms. The molecule has 0 atom stereocenters. The number of amides is 1. The third kappa shape index (κ3) is 6.40. The fourth-order valence-electron chi connectivity index (χ4n) is 2.57. The largest absolute Gasteiger partial charge is 0.497 e. The van der Waals surface area contributed by atoms with E-state index < -0.39 is 0 Å². The van der Waals surface area contributed by atoms with Gasteiger partial charge in [-0.05, 0) is 42.5 Å². The van der Waals surface area contributed by atoms with Crippen LogP contribution in [0.25, 0.3) is 0 Å². The fourth-order valence-corrected chi connectivity index (χ4v) is 3.79. The van der Waals surface area contributed by atoms with Gasteiger partial charge in [-0.3, -0.25) is 9.36 Å². The summed E-state index contributed by atoms with van der Waals surface area (Å²) in [7, 11) is 1.61. The van der Waals surface area contributed by atoms with Crippen molar-refractivity contribution in [2.75, 3.05) is 18.2 Å². The van der Waals surface area contributed by atoms with E-state index in [2.05, 4.69) is 22.1 Å². The Morgan fingerprint density at radius 2 is 1.94 bits per heavy atom. The van der Waals surface area contributed by atoms with Gasteiger partial charge in [-0.15, -0.1) is 16.8 Å². The summed E-state index contributed by atoms with van der Waals surface area (Å²) < 4.78 is 12.8. The van der Waals surface area contributed by atoms with Crippen molar-refractivity contribution in [1.82, 2.24) is 14.8 Å². The van der Waals surface area contributed by atoms with Gasteiger partial charge in [0.25, 0.3) is 0 Å². The van der Waals surface area contributed by atoms with Crippen molar-refractivity contribution in [3.63, 3.8) is 0 Å². The first kappa shape index (κ1) is 23.0. The Morgan fingerprint density at radius 1 is 1.19 bits per heavy atom. The molecule has 2 aromatic carbocycles. The van der Waals surface area contributed by atoms with E-state index in [1.807, 2.05) is 28.8 Å². The van der Waals surface area contributed by atoms with Gasteiger partial charge in [0.05, 0.1) is 23.6 Å². The highest BCUT2D eigenvalue weighted by molar-refractivity contribution is 7.99. The monoisotopic (exact) mass is 478 g/mol. The summed E-state index contributed by atoms with van der Waals surface area (Å²) in [5.74, 6) is 1.97. The fraction of sp³-hybridized carbons (Fsp3) is 0.190. The average Bonchev–Trinajstić information content (AvgIpc) is 3.15. The topological polar surface area (TPSA) is 78.3 Å². The van der Waals surface area contributed by atoms with Gasteiger partial charge >= 0.3 is 0 Å². The minimum absolute atomic E-state index is 0.133. The number of nitrogens with zero attached hydrogens (tertiary/aromatic N) is 3. The summed E-state index contributed by atoms with van der Waals surface area (Å²) in [6.07, 6.45) is 1.73. The van der Waals surface area contributed by atoms with E-state index >= 15 is 0 Å². The second kappa shape index (κ2) is 11.1. The molecule has 7 nitrogen and oxygen atoms in total. The number of anilines is 1. The van der Waals surface area contributed by atoms with Crippen molar-refractivity contribution in [3.05, 3.63) is 71.0 Å². The van der Waals surface area contributed by atoms with Crippen molar-refractivity contribution in [2.24, 2.45) is 0 Å². The number of nitrogens with one attached hydrogen (secondary N) is 1. The molecule has 1 N–H and O–H groups in total. The van der Waals surface area contributed by atoms with Gasteiger partial charge in [-0.2, -0.15) is 0 Å². The van der Waals surface area contributed by atoms with Gasteiger partial charge in [0.2, 0.25) is 5.91 Å². The molecule has 0 unspecified atom stereocenters. The lowest BCUT2D eigenvalue weighted by molar-refractivity contribution is -0.113. The molecule has 0 bridgehead atoms. The van der Waals surface area contributed by atoms with Crippen LogP contribution >= 0.6 is 35.0 Å². The third-order valence-corrected chi connectivity index (χ3v) is 5.58. The highest BCUT2D eigenvalue weighted by Gasteiger charge is 2.15. The van der Waals surface area contributed by atoms with Crippen molar-refractivity contribution >= 4 is 46.6 Å². The van der Waals surface area contributed by atoms with E-state index in [-0.39, 0.29) is 18.3 Å². The highest BCUT2D eigenvalue weighted by Crippen LogP contribution is 2.26. The molecule has 1 amide bonds. The molecule has 1 heterocycles. The third-order valence-electron chi connectivity index (χ3n) is 4.07. The second-order valence-electron chi connectivity index (χ2n) is 6.22. The number of carbonyl (C=O) groups is 1. The maximum absolute atomic E-state index is 12.3. The first-order chi connectivity index (χ1) is 15.0. The smallest absolute Gasteiger partial charge is 0.234 e. The number of carbonyl (C=O) groups excluding carboxylic acids is 1. The van der Waals surface area contributed by atoms with Gasteiger partial charge in [-0.25, -0.2) is 0 Å². The number of rotatable bonds is 10. The number of thioether (sulfide) groups is 1. The first-order valence-corrected chi connectivity index (χ1v) is 10.9. The Morgan fingerprint density at radius 3 is 2.61 bits per heavy atom. The molecule has 0 saturated heterocycles. The molecule has 0 fully saturated rings. The minimum Gasteiger partial charge on any atom is -0.497 e. The summed E-state index contributed by atoms with van der Waals surface area (Å²) in [4.78, 5) is 12.3. The predicted molar refractivity (Wildman–Crippen MR) is 123 cm³/mol. The number of ether oxygens (including phenoxy) is 2. The van der Waals surface area contributed by atoms with E-state index in [1.165, 1.54) is 11.8 Å². The van der Waals surface area contributed by atoms with Crippen LogP contribution in [0.2, 0.25) is 10.0 Å². The van der Waals surface area contributed by atoms with Crippen LogP contribution in [0.5, 0.6) is 11.5 Å². The maximum atomic E-state index is 12.3. The van der Waals surface area contributed by atoms with Crippen LogP contribution in [0.15, 0.2) is 60.3 Å². The molecule has 31 heavy (non-hydrogen) atoms. The number of hydrogen-bond donors (Lipinski definition) is 1. The Bertz CT molecular complexity index is 1060. The van der Waals surface area contributed by atoms with Gasteiger partial charge in [0.15, 0.2) is 11.0 Å². The summed E-state index contributed by atoms with van der Waals surface area (Å²) in [6.45, 7) is 4.49. The Hall–Kier alpha value is -2.68. The van der Waals surface area contributed by atoms with Gasteiger partial charge in [-0.1, -0.05) is 41.0 Å². The Labute approximate surface area is 194 Å². The lowest BCUT2D eigenvalue weighted by Gasteiger charge is -2.10. The van der Waals surface area contributed by atoms with Crippen molar-refractivity contribution in [1.29, 1.82) is 0 Å². The summed E-state index contributed by atoms with van der Waals surface area (Å²) in [5.41, 5.74) is 0.498. The number of hydrogen-bond acceptors (Lipinski definition) is 6. The SMILES string of the molecule is C=CCn1c(COc2ccc(OC)cc2)nnc1SCC(=O)Nc1ccc(Cl)cc1Cl. The Balaban J connectivity index is 1.61. The zero-order valence-corrected chi connectivity index (χ0v) is 19.0. The molecule has 0 aliphatic rings. The quantitative estimate of drug-likeness (QED) is 0.323. The van der Waals surface area contributed by atoms with Crippen LogP contribution in [0.1, 0.15) is 5.82 Å². The maximum Gasteiger partial charge on any atom is 0.234 e. The zero-order chi connectivity index (χ0) is 22.2. The average molecular weight is 479 g/mol. The zero-order valence-electron chi connectivity index (χ0n) is 16.7. The normalized spacial score (nSPS) is 10.5. The summed E-state index contributed by atoms with van der Waals surface area (Å²) in [6, 6.07) is 12.1. The molecule has 162 valence electrons. The lowest BCUT2D eigenvalue weighted by atomic mass is 10.3. The molecule has 3 aromatic rings. The Kier molecular flexibility index (Phi) is 8.22. The molecule has 0 aliphatic carbocycles. The van der Waals surface area contributed by atoms with Crippen molar-refractivity contribution < 1.29 is 14.3 Å². The first-order valence-electron chi connectivity index (χ1n) is 9.17. The second-order valence-corrected chi connectivity index (χ2v) is 8.01. The van der Waals surface area contributed by atoms with E-state index in [1.54, 1.807) is 31.4 Å². The molecule has 1 aromatic heterocycles. The molecule has 0 aliphatic heterocycles. The van der Waals surface area contributed by atoms with Crippen LogP contribution < -0.4 is 14.8 Å². The summed E-state index contributed by atoms with van der Waals surface area (Å²) in [5, 5.41) is 12.6. The number of benzene rings is 2. The standard InChI is InChI=1S/C21H20Cl2N4O3S/c1-3-10-27-19(12-30-16-7-5-15(29-2)6-8-16)25-26-21(27)31-13-20(28)24-18-9-4-14(22)11-17(18)23/h3-9,11H,1,10,12-13H2,2H3,(H,24,28). The lowest BCUT2D eigenvalue weighted by Crippen LogP contribution is -2.15. The van der Waals surface area contributed by atoms with Gasteiger partial charge < -0.3 is 14.8 Å². The number of halogens is 2. The van der Waals surface area contributed by atoms with Crippen LogP contribution in [-0.4, -0.2) is 33.5 Å². The van der Waals surface area contributed by atoms with E-state index in [0.717, 1.165) is 5.75 Å². The number of aromatic nitrogens is 3. The number of methoxy groups -OCH3 is 1. The highest BCUT2D eigenvalue weighted by atomic mass is 35.5. The van der Waals surface area contributed by atoms with E-state index in [9.17, 15) is 4.79 Å².